The maximum atomic E-state index is 5.63. The minimum Gasteiger partial charge on any atom is -0.317 e. The molecule has 1 aliphatic heterocycles. The van der Waals surface area contributed by atoms with Crippen molar-refractivity contribution in [1.82, 2.24) is 9.32 Å². The highest BCUT2D eigenvalue weighted by molar-refractivity contribution is 8.09. The molecule has 72 valence electrons. The van der Waals surface area contributed by atoms with Gasteiger partial charge in [-0.15, -0.1) is 0 Å². The first-order valence-corrected chi connectivity index (χ1v) is 6.62. The summed E-state index contributed by atoms with van der Waals surface area (Å²) >= 11 is 5.33. The molecule has 2 rings (SSSR count). The Labute approximate surface area is 82.1 Å². The van der Waals surface area contributed by atoms with Gasteiger partial charge >= 0.3 is 0 Å². The van der Waals surface area contributed by atoms with Crippen molar-refractivity contribution in [2.45, 2.75) is 19.4 Å². The predicted octanol–water partition coefficient (Wildman–Crippen LogP) is 1.56. The monoisotopic (exact) mass is 218 g/mol. The first-order valence-electron chi connectivity index (χ1n) is 4.03. The summed E-state index contributed by atoms with van der Waals surface area (Å²) in [7, 11) is 1.59. The molecule has 0 aliphatic carbocycles. The van der Waals surface area contributed by atoms with E-state index >= 15 is 0 Å². The van der Waals surface area contributed by atoms with Crippen molar-refractivity contribution in [3.05, 3.63) is 18.2 Å². The summed E-state index contributed by atoms with van der Waals surface area (Å²) in [4.78, 5) is 4.21. The molecule has 1 aromatic rings. The molecule has 2 heterocycles. The van der Waals surface area contributed by atoms with Crippen LogP contribution in [0, 0.1) is 0 Å². The van der Waals surface area contributed by atoms with Crippen molar-refractivity contribution in [3.63, 3.8) is 0 Å². The molecular formula is C7H11N2O2PS. The van der Waals surface area contributed by atoms with Gasteiger partial charge in [0.2, 0.25) is 0 Å². The fourth-order valence-corrected chi connectivity index (χ4v) is 3.82. The molecule has 13 heavy (non-hydrogen) atoms. The van der Waals surface area contributed by atoms with Crippen LogP contribution < -0.4 is 0 Å². The van der Waals surface area contributed by atoms with E-state index in [1.807, 2.05) is 17.5 Å². The second-order valence-electron chi connectivity index (χ2n) is 2.96. The molecule has 6 heteroatoms. The van der Waals surface area contributed by atoms with Gasteiger partial charge in [-0.1, -0.05) is 0 Å². The number of fused-ring (bicyclic) bond motifs is 1. The van der Waals surface area contributed by atoms with Crippen LogP contribution in [0.2, 0.25) is 0 Å². The van der Waals surface area contributed by atoms with Crippen LogP contribution in [0.3, 0.4) is 0 Å². The molecule has 0 N–H and O–H groups in total. The second kappa shape index (κ2) is 3.17. The van der Waals surface area contributed by atoms with Crippen molar-refractivity contribution in [3.8, 4) is 0 Å². The average molecular weight is 218 g/mol. The number of nitrogens with zero attached hydrogens (tertiary/aromatic N) is 2. The Hall–Kier alpha value is -0.220. The molecule has 0 radical (unpaired) electrons. The lowest BCUT2D eigenvalue weighted by Crippen LogP contribution is -2.22. The van der Waals surface area contributed by atoms with Gasteiger partial charge in [0.25, 0.3) is 6.64 Å². The summed E-state index contributed by atoms with van der Waals surface area (Å²) in [6.45, 7) is -0.321. The summed E-state index contributed by atoms with van der Waals surface area (Å²) in [5.74, 6) is 0.962. The molecular weight excluding hydrogens is 207 g/mol. The van der Waals surface area contributed by atoms with Crippen LogP contribution in [-0.4, -0.2) is 22.5 Å². The maximum Gasteiger partial charge on any atom is 0.295 e. The van der Waals surface area contributed by atoms with Crippen LogP contribution in [0.5, 0.6) is 0 Å². The van der Waals surface area contributed by atoms with E-state index in [9.17, 15) is 0 Å². The van der Waals surface area contributed by atoms with Gasteiger partial charge in [0, 0.05) is 25.9 Å². The molecule has 0 amide bonds. The topological polar surface area (TPSA) is 36.3 Å². The zero-order valence-electron chi connectivity index (χ0n) is 7.51. The third-order valence-corrected chi connectivity index (χ3v) is 5.19. The zero-order valence-corrected chi connectivity index (χ0v) is 9.22. The molecule has 2 atom stereocenters. The highest BCUT2D eigenvalue weighted by Gasteiger charge is 2.31. The Bertz CT molecular complexity index is 365. The van der Waals surface area contributed by atoms with E-state index < -0.39 is 6.64 Å². The van der Waals surface area contributed by atoms with Crippen LogP contribution in [0.1, 0.15) is 12.7 Å². The molecule has 0 saturated carbocycles. The van der Waals surface area contributed by atoms with Gasteiger partial charge in [-0.05, 0) is 18.7 Å². The summed E-state index contributed by atoms with van der Waals surface area (Å²) in [5, 5.41) is 0. The lowest BCUT2D eigenvalue weighted by molar-refractivity contribution is 0.185. The lowest BCUT2D eigenvalue weighted by atomic mass is 10.3. The molecule has 0 aromatic carbocycles. The number of hydrogen-bond donors (Lipinski definition) is 0. The van der Waals surface area contributed by atoms with E-state index in [0.29, 0.717) is 0 Å². The molecule has 0 spiro atoms. The Morgan fingerprint density at radius 3 is 3.31 bits per heavy atom. The number of imidazole rings is 1. The number of hydrogen-bond acceptors (Lipinski definition) is 4. The maximum absolute atomic E-state index is 5.63. The molecule has 1 unspecified atom stereocenters. The van der Waals surface area contributed by atoms with Crippen molar-refractivity contribution >= 4 is 18.4 Å². The Kier molecular flexibility index (Phi) is 2.28. The van der Waals surface area contributed by atoms with E-state index in [-0.39, 0.29) is 6.10 Å². The smallest absolute Gasteiger partial charge is 0.295 e. The standard InChI is InChI=1S/C7H11N2O2PS/c1-6-5-7-8-3-4-9(7)12(13,10-2)11-6/h3-4,6H,5H2,1-2H3/t6-,12?/m0/s1. The van der Waals surface area contributed by atoms with Crippen molar-refractivity contribution in [2.75, 3.05) is 7.11 Å². The Morgan fingerprint density at radius 2 is 2.62 bits per heavy atom. The first kappa shape index (κ1) is 9.34. The first-order chi connectivity index (χ1) is 6.15. The summed E-state index contributed by atoms with van der Waals surface area (Å²) in [6, 6.07) is 0. The molecule has 4 nitrogen and oxygen atoms in total. The van der Waals surface area contributed by atoms with Gasteiger partial charge in [-0.25, -0.2) is 4.98 Å². The Balaban J connectivity index is 2.50. The number of rotatable bonds is 1. The minimum atomic E-state index is -2.31. The van der Waals surface area contributed by atoms with Gasteiger partial charge in [-0.3, -0.25) is 4.34 Å². The van der Waals surface area contributed by atoms with Gasteiger partial charge in [-0.2, -0.15) is 0 Å². The van der Waals surface area contributed by atoms with Gasteiger partial charge in [0.1, 0.15) is 5.82 Å². The quantitative estimate of drug-likeness (QED) is 0.670. The third-order valence-electron chi connectivity index (χ3n) is 1.97. The fourth-order valence-electron chi connectivity index (χ4n) is 1.40. The average Bonchev–Trinajstić information content (AvgIpc) is 2.52. The lowest BCUT2D eigenvalue weighted by Gasteiger charge is -2.30. The van der Waals surface area contributed by atoms with Crippen LogP contribution in [-0.2, 0) is 27.3 Å². The van der Waals surface area contributed by atoms with Crippen LogP contribution in [0.25, 0.3) is 0 Å². The van der Waals surface area contributed by atoms with E-state index in [0.717, 1.165) is 12.2 Å². The normalized spacial score (nSPS) is 32.9. The summed E-state index contributed by atoms with van der Waals surface area (Å²) < 4.78 is 12.7. The second-order valence-corrected chi connectivity index (χ2v) is 6.29. The largest absolute Gasteiger partial charge is 0.317 e. The SMILES string of the molecule is COP1(=S)O[C@@H](C)Cc2nccn21. The van der Waals surface area contributed by atoms with Gasteiger partial charge in [0.15, 0.2) is 0 Å². The van der Waals surface area contributed by atoms with Crippen LogP contribution in [0.4, 0.5) is 0 Å². The highest BCUT2D eigenvalue weighted by Crippen LogP contribution is 2.53. The van der Waals surface area contributed by atoms with Gasteiger partial charge < -0.3 is 9.05 Å². The highest BCUT2D eigenvalue weighted by atomic mass is 32.5. The predicted molar refractivity (Wildman–Crippen MR) is 53.2 cm³/mol. The minimum absolute atomic E-state index is 0.0979. The fraction of sp³-hybridized carbons (Fsp3) is 0.571. The van der Waals surface area contributed by atoms with Crippen LogP contribution >= 0.6 is 6.64 Å². The zero-order chi connectivity index (χ0) is 9.47. The third kappa shape index (κ3) is 1.46. The van der Waals surface area contributed by atoms with Crippen molar-refractivity contribution in [1.29, 1.82) is 0 Å². The molecule has 1 aliphatic rings. The van der Waals surface area contributed by atoms with E-state index in [1.165, 1.54) is 0 Å². The number of aromatic nitrogens is 2. The molecule has 0 bridgehead atoms. The van der Waals surface area contributed by atoms with E-state index in [2.05, 4.69) is 4.98 Å². The molecule has 0 saturated heterocycles. The Morgan fingerprint density at radius 1 is 1.85 bits per heavy atom. The molecule has 0 fully saturated rings. The summed E-state index contributed by atoms with van der Waals surface area (Å²) in [5.41, 5.74) is 0. The van der Waals surface area contributed by atoms with Crippen molar-refractivity contribution < 1.29 is 9.05 Å². The van der Waals surface area contributed by atoms with Crippen LogP contribution in [0.15, 0.2) is 12.4 Å². The van der Waals surface area contributed by atoms with E-state index in [1.54, 1.807) is 13.3 Å². The van der Waals surface area contributed by atoms with E-state index in [4.69, 9.17) is 20.9 Å². The van der Waals surface area contributed by atoms with Gasteiger partial charge in [0.05, 0.1) is 6.10 Å². The molecule has 1 aromatic heterocycles. The van der Waals surface area contributed by atoms with Crippen molar-refractivity contribution in [2.24, 2.45) is 0 Å². The summed E-state index contributed by atoms with van der Waals surface area (Å²) in [6.07, 6.45) is 4.46.